The van der Waals surface area contributed by atoms with Crippen LogP contribution in [0.15, 0.2) is 48.5 Å². The van der Waals surface area contributed by atoms with E-state index in [1.165, 1.54) is 0 Å². The second kappa shape index (κ2) is 8.98. The molecule has 0 saturated carbocycles. The highest BCUT2D eigenvalue weighted by molar-refractivity contribution is 6.31. The molecule has 1 aliphatic rings. The number of benzene rings is 2. The van der Waals surface area contributed by atoms with Crippen molar-refractivity contribution in [3.8, 4) is 6.07 Å². The molecule has 0 radical (unpaired) electrons. The van der Waals surface area contributed by atoms with Crippen molar-refractivity contribution in [3.63, 3.8) is 0 Å². The van der Waals surface area contributed by atoms with Gasteiger partial charge in [0.05, 0.1) is 24.8 Å². The van der Waals surface area contributed by atoms with Crippen molar-refractivity contribution in [2.24, 2.45) is 0 Å². The Balaban J connectivity index is 1.69. The van der Waals surface area contributed by atoms with E-state index >= 15 is 0 Å². The molecule has 1 fully saturated rings. The second-order valence-electron chi connectivity index (χ2n) is 6.13. The third kappa shape index (κ3) is 4.81. The minimum absolute atomic E-state index is 0.205. The summed E-state index contributed by atoms with van der Waals surface area (Å²) in [5, 5.41) is 13.3. The number of nitriles is 1. The number of ether oxygens (including phenoxy) is 1. The molecule has 1 aliphatic heterocycles. The van der Waals surface area contributed by atoms with E-state index in [9.17, 15) is 0 Å². The molecule has 0 aromatic heterocycles. The van der Waals surface area contributed by atoms with E-state index in [4.69, 9.17) is 21.6 Å². The Bertz CT molecular complexity index is 738. The molecule has 5 heteroatoms. The van der Waals surface area contributed by atoms with E-state index in [1.54, 1.807) is 0 Å². The summed E-state index contributed by atoms with van der Waals surface area (Å²) in [6.45, 7) is 4.83. The highest BCUT2D eigenvalue weighted by Gasteiger charge is 2.23. The van der Waals surface area contributed by atoms with E-state index in [2.05, 4.69) is 22.4 Å². The smallest absolute Gasteiger partial charge is 0.0991 e. The fourth-order valence-corrected chi connectivity index (χ4v) is 3.44. The van der Waals surface area contributed by atoms with Gasteiger partial charge in [-0.15, -0.1) is 0 Å². The van der Waals surface area contributed by atoms with Crippen LogP contribution >= 0.6 is 11.6 Å². The van der Waals surface area contributed by atoms with Crippen LogP contribution in [-0.2, 0) is 11.3 Å². The first-order valence-corrected chi connectivity index (χ1v) is 8.91. The van der Waals surface area contributed by atoms with Crippen molar-refractivity contribution in [1.29, 1.82) is 5.26 Å². The highest BCUT2D eigenvalue weighted by Crippen LogP contribution is 2.27. The molecule has 3 rings (SSSR count). The standard InChI is InChI=1S/C20H22ClN3O/c21-19-7-2-1-6-18(19)20(24-8-10-25-11-9-24)15-23-14-17-5-3-4-16(12-17)13-22/h1-7,12,20,23H,8-11,14-15H2. The lowest BCUT2D eigenvalue weighted by molar-refractivity contribution is 0.0161. The molecule has 1 N–H and O–H groups in total. The Morgan fingerprint density at radius 3 is 2.72 bits per heavy atom. The zero-order chi connectivity index (χ0) is 17.5. The van der Waals surface area contributed by atoms with Crippen LogP contribution in [0.2, 0.25) is 5.02 Å². The molecule has 2 aromatic rings. The molecule has 130 valence electrons. The van der Waals surface area contributed by atoms with Gasteiger partial charge in [0.25, 0.3) is 0 Å². The van der Waals surface area contributed by atoms with Crippen LogP contribution in [0, 0.1) is 11.3 Å². The molecule has 2 aromatic carbocycles. The first-order valence-electron chi connectivity index (χ1n) is 8.54. The van der Waals surface area contributed by atoms with E-state index in [1.807, 2.05) is 42.5 Å². The molecule has 0 spiro atoms. The van der Waals surface area contributed by atoms with Gasteiger partial charge in [-0.1, -0.05) is 41.9 Å². The maximum atomic E-state index is 9.02. The fraction of sp³-hybridized carbons (Fsp3) is 0.350. The fourth-order valence-electron chi connectivity index (χ4n) is 3.17. The molecule has 0 amide bonds. The van der Waals surface area contributed by atoms with Gasteiger partial charge in [0.2, 0.25) is 0 Å². The number of hydrogen-bond donors (Lipinski definition) is 1. The van der Waals surface area contributed by atoms with Crippen molar-refractivity contribution in [1.82, 2.24) is 10.2 Å². The van der Waals surface area contributed by atoms with Crippen molar-refractivity contribution >= 4 is 11.6 Å². The van der Waals surface area contributed by atoms with Crippen LogP contribution in [0.3, 0.4) is 0 Å². The van der Waals surface area contributed by atoms with Gasteiger partial charge in [-0.2, -0.15) is 5.26 Å². The number of morpholine rings is 1. The lowest BCUT2D eigenvalue weighted by atomic mass is 10.0. The van der Waals surface area contributed by atoms with Crippen molar-refractivity contribution in [3.05, 3.63) is 70.2 Å². The molecule has 0 aliphatic carbocycles. The van der Waals surface area contributed by atoms with Gasteiger partial charge in [-0.05, 0) is 29.3 Å². The second-order valence-corrected chi connectivity index (χ2v) is 6.54. The number of halogens is 1. The molecule has 4 nitrogen and oxygen atoms in total. The third-order valence-corrected chi connectivity index (χ3v) is 4.82. The SMILES string of the molecule is N#Cc1cccc(CNCC(c2ccccc2Cl)N2CCOCC2)c1. The summed E-state index contributed by atoms with van der Waals surface area (Å²) in [6.07, 6.45) is 0. The molecule has 25 heavy (non-hydrogen) atoms. The molecule has 1 unspecified atom stereocenters. The number of rotatable bonds is 6. The van der Waals surface area contributed by atoms with E-state index in [0.717, 1.165) is 55.5 Å². The van der Waals surface area contributed by atoms with E-state index < -0.39 is 0 Å². The van der Waals surface area contributed by atoms with Crippen LogP contribution in [0.25, 0.3) is 0 Å². The summed E-state index contributed by atoms with van der Waals surface area (Å²) in [5.41, 5.74) is 2.94. The molecule has 1 saturated heterocycles. The Hall–Kier alpha value is -1.90. The molecular weight excluding hydrogens is 334 g/mol. The first kappa shape index (κ1) is 17.9. The van der Waals surface area contributed by atoms with Crippen LogP contribution in [0.1, 0.15) is 22.7 Å². The predicted molar refractivity (Wildman–Crippen MR) is 99.4 cm³/mol. The summed E-state index contributed by atoms with van der Waals surface area (Å²) in [5.74, 6) is 0. The lowest BCUT2D eigenvalue weighted by Crippen LogP contribution is -2.42. The quantitative estimate of drug-likeness (QED) is 0.863. The lowest BCUT2D eigenvalue weighted by Gasteiger charge is -2.35. The molecule has 1 heterocycles. The average Bonchev–Trinajstić information content (AvgIpc) is 2.67. The zero-order valence-corrected chi connectivity index (χ0v) is 14.9. The summed E-state index contributed by atoms with van der Waals surface area (Å²) in [7, 11) is 0. The normalized spacial score (nSPS) is 16.3. The minimum Gasteiger partial charge on any atom is -0.379 e. The van der Waals surface area contributed by atoms with Crippen LogP contribution in [0.4, 0.5) is 0 Å². The predicted octanol–water partition coefficient (Wildman–Crippen LogP) is 3.37. The van der Waals surface area contributed by atoms with Crippen LogP contribution in [-0.4, -0.2) is 37.7 Å². The van der Waals surface area contributed by atoms with Gasteiger partial charge < -0.3 is 10.1 Å². The minimum atomic E-state index is 0.205. The monoisotopic (exact) mass is 355 g/mol. The van der Waals surface area contributed by atoms with Crippen LogP contribution in [0.5, 0.6) is 0 Å². The van der Waals surface area contributed by atoms with Gasteiger partial charge in [0.15, 0.2) is 0 Å². The third-order valence-electron chi connectivity index (χ3n) is 4.47. The summed E-state index contributed by atoms with van der Waals surface area (Å²) in [6, 6.07) is 18.1. The topological polar surface area (TPSA) is 48.3 Å². The molecular formula is C20H22ClN3O. The van der Waals surface area contributed by atoms with Gasteiger partial charge in [-0.3, -0.25) is 4.90 Å². The summed E-state index contributed by atoms with van der Waals surface area (Å²) < 4.78 is 5.49. The Kier molecular flexibility index (Phi) is 6.43. The average molecular weight is 356 g/mol. The first-order chi connectivity index (χ1) is 12.3. The van der Waals surface area contributed by atoms with E-state index in [0.29, 0.717) is 5.56 Å². The van der Waals surface area contributed by atoms with Gasteiger partial charge >= 0.3 is 0 Å². The Morgan fingerprint density at radius 2 is 1.96 bits per heavy atom. The molecule has 0 bridgehead atoms. The van der Waals surface area contributed by atoms with Crippen molar-refractivity contribution in [2.45, 2.75) is 12.6 Å². The van der Waals surface area contributed by atoms with Gasteiger partial charge in [-0.25, -0.2) is 0 Å². The maximum absolute atomic E-state index is 9.02. The number of nitrogens with zero attached hydrogens (tertiary/aromatic N) is 2. The summed E-state index contributed by atoms with van der Waals surface area (Å²) >= 11 is 6.45. The van der Waals surface area contributed by atoms with Crippen LogP contribution < -0.4 is 5.32 Å². The molecule has 1 atom stereocenters. The maximum Gasteiger partial charge on any atom is 0.0991 e. The summed E-state index contributed by atoms with van der Waals surface area (Å²) in [4.78, 5) is 2.42. The van der Waals surface area contributed by atoms with Crippen molar-refractivity contribution < 1.29 is 4.74 Å². The largest absolute Gasteiger partial charge is 0.379 e. The Labute approximate surface area is 154 Å². The van der Waals surface area contributed by atoms with E-state index in [-0.39, 0.29) is 6.04 Å². The Morgan fingerprint density at radius 1 is 1.16 bits per heavy atom. The number of nitrogens with one attached hydrogen (secondary N) is 1. The van der Waals surface area contributed by atoms with Gasteiger partial charge in [0.1, 0.15) is 0 Å². The zero-order valence-electron chi connectivity index (χ0n) is 14.1. The van der Waals surface area contributed by atoms with Gasteiger partial charge in [0, 0.05) is 37.2 Å². The highest BCUT2D eigenvalue weighted by atomic mass is 35.5. The number of hydrogen-bond acceptors (Lipinski definition) is 4. The van der Waals surface area contributed by atoms with Crippen molar-refractivity contribution in [2.75, 3.05) is 32.8 Å².